The van der Waals surface area contributed by atoms with Gasteiger partial charge >= 0.3 is 0 Å². The van der Waals surface area contributed by atoms with Gasteiger partial charge in [-0.05, 0) is 25.7 Å². The maximum absolute atomic E-state index is 10.7. The summed E-state index contributed by atoms with van der Waals surface area (Å²) in [6.45, 7) is 2.52. The second-order valence-corrected chi connectivity index (χ2v) is 4.05. The molecule has 82 valence electrons. The molecule has 15 heavy (non-hydrogen) atoms. The third-order valence-electron chi connectivity index (χ3n) is 2.32. The van der Waals surface area contributed by atoms with Gasteiger partial charge < -0.3 is 14.8 Å². The number of phenols is 1. The van der Waals surface area contributed by atoms with Crippen LogP contribution in [-0.2, 0) is 11.3 Å². The van der Waals surface area contributed by atoms with Gasteiger partial charge in [0.15, 0.2) is 0 Å². The monoisotopic (exact) mass is 207 g/mol. The summed E-state index contributed by atoms with van der Waals surface area (Å²) < 4.78 is 0. The third-order valence-corrected chi connectivity index (χ3v) is 2.32. The van der Waals surface area contributed by atoms with E-state index in [1.807, 2.05) is 32.0 Å². The largest absolute Gasteiger partial charge is 0.508 e. The fourth-order valence-corrected chi connectivity index (χ4v) is 1.43. The molecule has 0 fully saturated rings. The van der Waals surface area contributed by atoms with Gasteiger partial charge in [0, 0.05) is 18.0 Å². The number of phenolic OH excluding ortho intramolecular Hbond substituents is 1. The third kappa shape index (κ3) is 3.06. The van der Waals surface area contributed by atoms with Gasteiger partial charge in [0.25, 0.3) is 0 Å². The van der Waals surface area contributed by atoms with E-state index >= 15 is 0 Å². The van der Waals surface area contributed by atoms with Crippen LogP contribution in [0.3, 0.4) is 0 Å². The van der Waals surface area contributed by atoms with Gasteiger partial charge in [-0.1, -0.05) is 19.1 Å². The fraction of sp³-hybridized carbons (Fsp3) is 0.417. The summed E-state index contributed by atoms with van der Waals surface area (Å²) in [7, 11) is 3.88. The first-order valence-corrected chi connectivity index (χ1v) is 4.96. The second-order valence-electron chi connectivity index (χ2n) is 4.05. The summed E-state index contributed by atoms with van der Waals surface area (Å²) in [5, 5.41) is 9.62. The minimum absolute atomic E-state index is 0.119. The number of carbonyl (C=O) groups excluding carboxylic acids is 1. The van der Waals surface area contributed by atoms with Crippen molar-refractivity contribution in [2.75, 3.05) is 14.1 Å². The number of nitrogens with zero attached hydrogens (tertiary/aromatic N) is 1. The summed E-state index contributed by atoms with van der Waals surface area (Å²) in [6, 6.07) is 5.32. The van der Waals surface area contributed by atoms with Gasteiger partial charge in [0.2, 0.25) is 0 Å². The molecule has 0 aliphatic heterocycles. The van der Waals surface area contributed by atoms with E-state index in [1.165, 1.54) is 0 Å². The molecule has 1 unspecified atom stereocenters. The Morgan fingerprint density at radius 2 is 2.13 bits per heavy atom. The summed E-state index contributed by atoms with van der Waals surface area (Å²) in [5.41, 5.74) is 1.80. The van der Waals surface area contributed by atoms with E-state index in [2.05, 4.69) is 0 Å². The van der Waals surface area contributed by atoms with Crippen LogP contribution in [0, 0.1) is 0 Å². The Morgan fingerprint density at radius 1 is 1.47 bits per heavy atom. The lowest BCUT2D eigenvalue weighted by molar-refractivity contribution is -0.108. The highest BCUT2D eigenvalue weighted by Crippen LogP contribution is 2.23. The van der Waals surface area contributed by atoms with Crippen molar-refractivity contribution in [2.24, 2.45) is 0 Å². The molecule has 1 aromatic carbocycles. The molecule has 1 atom stereocenters. The molecule has 0 saturated carbocycles. The molecule has 0 heterocycles. The van der Waals surface area contributed by atoms with Gasteiger partial charge in [-0.25, -0.2) is 0 Å². The minimum Gasteiger partial charge on any atom is -0.508 e. The highest BCUT2D eigenvalue weighted by molar-refractivity contribution is 5.62. The minimum atomic E-state index is -0.119. The summed E-state index contributed by atoms with van der Waals surface area (Å²) in [4.78, 5) is 12.6. The molecule has 1 aromatic rings. The number of hydrogen-bond donors (Lipinski definition) is 1. The van der Waals surface area contributed by atoms with Gasteiger partial charge in [-0.15, -0.1) is 0 Å². The Labute approximate surface area is 90.3 Å². The van der Waals surface area contributed by atoms with Crippen molar-refractivity contribution in [3.63, 3.8) is 0 Å². The quantitative estimate of drug-likeness (QED) is 0.765. The molecule has 0 spiro atoms. The predicted molar refractivity (Wildman–Crippen MR) is 60.0 cm³/mol. The van der Waals surface area contributed by atoms with Crippen LogP contribution < -0.4 is 0 Å². The SMILES string of the molecule is CC(C=O)c1ccc(O)c(CN(C)C)c1. The second kappa shape index (κ2) is 4.94. The van der Waals surface area contributed by atoms with Crippen LogP contribution in [0.5, 0.6) is 5.75 Å². The number of aldehydes is 1. The van der Waals surface area contributed by atoms with E-state index in [-0.39, 0.29) is 11.7 Å². The lowest BCUT2D eigenvalue weighted by atomic mass is 10.00. The zero-order valence-corrected chi connectivity index (χ0v) is 9.40. The standard InChI is InChI=1S/C12H17NO2/c1-9(8-14)10-4-5-12(15)11(6-10)7-13(2)3/h4-6,8-9,15H,7H2,1-3H3. The smallest absolute Gasteiger partial charge is 0.127 e. The number of hydrogen-bond acceptors (Lipinski definition) is 3. The highest BCUT2D eigenvalue weighted by atomic mass is 16.3. The average Bonchev–Trinajstić information content (AvgIpc) is 2.19. The van der Waals surface area contributed by atoms with Crippen LogP contribution in [0.1, 0.15) is 24.0 Å². The molecule has 3 heteroatoms. The van der Waals surface area contributed by atoms with Gasteiger partial charge in [-0.2, -0.15) is 0 Å². The fourth-order valence-electron chi connectivity index (χ4n) is 1.43. The molecular formula is C12H17NO2. The van der Waals surface area contributed by atoms with Crippen molar-refractivity contribution in [3.8, 4) is 5.75 Å². The molecule has 0 amide bonds. The van der Waals surface area contributed by atoms with Crippen molar-refractivity contribution < 1.29 is 9.90 Å². The van der Waals surface area contributed by atoms with Crippen molar-refractivity contribution >= 4 is 6.29 Å². The van der Waals surface area contributed by atoms with Gasteiger partial charge in [-0.3, -0.25) is 0 Å². The molecule has 0 aliphatic rings. The first-order chi connectivity index (χ1) is 7.04. The molecule has 0 bridgehead atoms. The Kier molecular flexibility index (Phi) is 3.86. The number of benzene rings is 1. The summed E-state index contributed by atoms with van der Waals surface area (Å²) in [5.74, 6) is 0.164. The van der Waals surface area contributed by atoms with Gasteiger partial charge in [0.1, 0.15) is 12.0 Å². The molecule has 0 aliphatic carbocycles. The van der Waals surface area contributed by atoms with Crippen LogP contribution in [0.25, 0.3) is 0 Å². The van der Waals surface area contributed by atoms with E-state index in [0.717, 1.165) is 17.4 Å². The molecule has 0 radical (unpaired) electrons. The maximum atomic E-state index is 10.7. The van der Waals surface area contributed by atoms with Crippen LogP contribution >= 0.6 is 0 Å². The highest BCUT2D eigenvalue weighted by Gasteiger charge is 2.08. The van der Waals surface area contributed by atoms with Crippen LogP contribution in [0.4, 0.5) is 0 Å². The number of rotatable bonds is 4. The molecule has 3 nitrogen and oxygen atoms in total. The van der Waals surface area contributed by atoms with Crippen molar-refractivity contribution in [2.45, 2.75) is 19.4 Å². The topological polar surface area (TPSA) is 40.5 Å². The molecular weight excluding hydrogens is 190 g/mol. The van der Waals surface area contributed by atoms with E-state index in [0.29, 0.717) is 6.54 Å². The Bertz CT molecular complexity index is 347. The van der Waals surface area contributed by atoms with Crippen LogP contribution in [0.2, 0.25) is 0 Å². The predicted octanol–water partition coefficient (Wildman–Crippen LogP) is 1.76. The van der Waals surface area contributed by atoms with E-state index in [9.17, 15) is 9.90 Å². The number of aromatic hydroxyl groups is 1. The van der Waals surface area contributed by atoms with E-state index < -0.39 is 0 Å². The summed E-state index contributed by atoms with van der Waals surface area (Å²) >= 11 is 0. The molecule has 0 aromatic heterocycles. The first kappa shape index (κ1) is 11.7. The first-order valence-electron chi connectivity index (χ1n) is 4.96. The zero-order chi connectivity index (χ0) is 11.4. The lowest BCUT2D eigenvalue weighted by Gasteiger charge is -2.13. The molecule has 1 N–H and O–H groups in total. The van der Waals surface area contributed by atoms with E-state index in [1.54, 1.807) is 12.1 Å². The maximum Gasteiger partial charge on any atom is 0.127 e. The Hall–Kier alpha value is -1.35. The Morgan fingerprint density at radius 3 is 2.67 bits per heavy atom. The zero-order valence-electron chi connectivity index (χ0n) is 9.40. The molecule has 1 rings (SSSR count). The van der Waals surface area contributed by atoms with Crippen LogP contribution in [-0.4, -0.2) is 30.4 Å². The van der Waals surface area contributed by atoms with Crippen molar-refractivity contribution in [1.82, 2.24) is 4.90 Å². The van der Waals surface area contributed by atoms with E-state index in [4.69, 9.17) is 0 Å². The normalized spacial score (nSPS) is 12.8. The Balaban J connectivity index is 2.99. The van der Waals surface area contributed by atoms with Gasteiger partial charge in [0.05, 0.1) is 0 Å². The number of carbonyl (C=O) groups is 1. The van der Waals surface area contributed by atoms with Crippen molar-refractivity contribution in [1.29, 1.82) is 0 Å². The lowest BCUT2D eigenvalue weighted by Crippen LogP contribution is -2.11. The average molecular weight is 207 g/mol. The summed E-state index contributed by atoms with van der Waals surface area (Å²) in [6.07, 6.45) is 0.909. The van der Waals surface area contributed by atoms with Crippen LogP contribution in [0.15, 0.2) is 18.2 Å². The van der Waals surface area contributed by atoms with Crippen molar-refractivity contribution in [3.05, 3.63) is 29.3 Å². The molecule has 0 saturated heterocycles.